The van der Waals surface area contributed by atoms with Gasteiger partial charge in [-0.25, -0.2) is 9.67 Å². The number of aromatic nitrogens is 3. The molecule has 0 amide bonds. The zero-order valence-electron chi connectivity index (χ0n) is 5.94. The van der Waals surface area contributed by atoms with Crippen LogP contribution < -0.4 is 5.73 Å². The largest absolute Gasteiger partial charge is 0.389 e. The van der Waals surface area contributed by atoms with E-state index in [-0.39, 0.29) is 0 Å². The molecule has 0 saturated heterocycles. The Hall–Kier alpha value is -1.07. The Kier molecular flexibility index (Phi) is 1.74. The van der Waals surface area contributed by atoms with Gasteiger partial charge in [-0.05, 0) is 0 Å². The Balaban J connectivity index is 2.43. The first kappa shape index (κ1) is 7.57. The van der Waals surface area contributed by atoms with Crippen molar-refractivity contribution in [2.24, 2.45) is 0 Å². The van der Waals surface area contributed by atoms with Crippen LogP contribution >= 0.6 is 22.9 Å². The summed E-state index contributed by atoms with van der Waals surface area (Å²) in [5.41, 5.74) is 5.50. The normalized spacial score (nSPS) is 10.4. The molecule has 2 rings (SSSR count). The quantitative estimate of drug-likeness (QED) is 0.760. The summed E-state index contributed by atoms with van der Waals surface area (Å²) in [5, 5.41) is 5.95. The summed E-state index contributed by atoms with van der Waals surface area (Å²) in [5.74, 6) is 0. The van der Waals surface area contributed by atoms with Crippen LogP contribution in [0.4, 0.5) is 5.00 Å². The molecule has 2 heterocycles. The van der Waals surface area contributed by atoms with Crippen molar-refractivity contribution in [3.8, 4) is 5.13 Å². The topological polar surface area (TPSA) is 56.7 Å². The number of halogens is 1. The molecule has 0 saturated carbocycles. The fourth-order valence-electron chi connectivity index (χ4n) is 0.788. The zero-order chi connectivity index (χ0) is 8.55. The van der Waals surface area contributed by atoms with Crippen LogP contribution in [0.2, 0.25) is 5.02 Å². The van der Waals surface area contributed by atoms with Gasteiger partial charge >= 0.3 is 0 Å². The molecular formula is C6H5ClN4S. The van der Waals surface area contributed by atoms with Gasteiger partial charge in [0.15, 0.2) is 0 Å². The van der Waals surface area contributed by atoms with Crippen LogP contribution in [-0.4, -0.2) is 14.8 Å². The smallest absolute Gasteiger partial charge is 0.212 e. The fraction of sp³-hybridized carbons (Fsp3) is 0. The average molecular weight is 201 g/mol. The van der Waals surface area contributed by atoms with Gasteiger partial charge in [0.2, 0.25) is 5.13 Å². The van der Waals surface area contributed by atoms with E-state index in [1.54, 1.807) is 23.3 Å². The molecule has 2 N–H and O–H groups in total. The lowest BCUT2D eigenvalue weighted by Crippen LogP contribution is -1.91. The van der Waals surface area contributed by atoms with E-state index < -0.39 is 0 Å². The Morgan fingerprint density at radius 3 is 2.83 bits per heavy atom. The summed E-state index contributed by atoms with van der Waals surface area (Å²) in [6, 6.07) is 0. The number of anilines is 1. The van der Waals surface area contributed by atoms with E-state index in [4.69, 9.17) is 17.3 Å². The van der Waals surface area contributed by atoms with E-state index in [0.29, 0.717) is 10.0 Å². The van der Waals surface area contributed by atoms with Crippen LogP contribution in [0, 0.1) is 0 Å². The van der Waals surface area contributed by atoms with Crippen molar-refractivity contribution in [1.82, 2.24) is 14.8 Å². The second-order valence-corrected chi connectivity index (χ2v) is 3.63. The van der Waals surface area contributed by atoms with Gasteiger partial charge in [-0.2, -0.15) is 5.10 Å². The number of nitrogens with zero attached hydrogens (tertiary/aromatic N) is 3. The van der Waals surface area contributed by atoms with Gasteiger partial charge in [0, 0.05) is 0 Å². The number of nitrogen functional groups attached to an aromatic ring is 1. The molecule has 6 heteroatoms. The lowest BCUT2D eigenvalue weighted by Gasteiger charge is -1.90. The van der Waals surface area contributed by atoms with Crippen LogP contribution in [0.15, 0.2) is 18.6 Å². The van der Waals surface area contributed by atoms with Crippen LogP contribution in [0.1, 0.15) is 0 Å². The standard InChI is InChI=1S/C6H5ClN4S/c7-4-1-10-11(3-4)6-9-2-5(8)12-6/h1-3H,8H2. The van der Waals surface area contributed by atoms with Crippen molar-refractivity contribution in [2.75, 3.05) is 5.73 Å². The molecule has 0 unspecified atom stereocenters. The van der Waals surface area contributed by atoms with Gasteiger partial charge in [-0.15, -0.1) is 0 Å². The van der Waals surface area contributed by atoms with Gasteiger partial charge in [0.25, 0.3) is 0 Å². The lowest BCUT2D eigenvalue weighted by molar-refractivity contribution is 0.869. The first-order chi connectivity index (χ1) is 5.75. The van der Waals surface area contributed by atoms with Gasteiger partial charge < -0.3 is 5.73 Å². The molecule has 2 aromatic heterocycles. The van der Waals surface area contributed by atoms with Crippen molar-refractivity contribution in [2.45, 2.75) is 0 Å². The monoisotopic (exact) mass is 200 g/mol. The summed E-state index contributed by atoms with van der Waals surface area (Å²) in [6.45, 7) is 0. The second-order valence-electron chi connectivity index (χ2n) is 2.15. The van der Waals surface area contributed by atoms with E-state index in [0.717, 1.165) is 5.13 Å². The maximum Gasteiger partial charge on any atom is 0.212 e. The third kappa shape index (κ3) is 1.28. The Morgan fingerprint density at radius 2 is 2.33 bits per heavy atom. The zero-order valence-corrected chi connectivity index (χ0v) is 7.51. The maximum atomic E-state index is 5.68. The molecule has 0 aromatic carbocycles. The number of hydrogen-bond donors (Lipinski definition) is 1. The third-order valence-electron chi connectivity index (χ3n) is 1.26. The highest BCUT2D eigenvalue weighted by Gasteiger charge is 2.02. The molecule has 0 aliphatic carbocycles. The minimum atomic E-state index is 0.587. The van der Waals surface area contributed by atoms with Crippen LogP contribution in [-0.2, 0) is 0 Å². The van der Waals surface area contributed by atoms with Crippen LogP contribution in [0.5, 0.6) is 0 Å². The molecule has 0 aliphatic heterocycles. The summed E-state index contributed by atoms with van der Waals surface area (Å²) in [7, 11) is 0. The molecular weight excluding hydrogens is 196 g/mol. The van der Waals surface area contributed by atoms with Crippen molar-refractivity contribution in [1.29, 1.82) is 0 Å². The summed E-state index contributed by atoms with van der Waals surface area (Å²) in [6.07, 6.45) is 4.83. The molecule has 0 radical (unpaired) electrons. The van der Waals surface area contributed by atoms with E-state index in [9.17, 15) is 0 Å². The second kappa shape index (κ2) is 2.76. The van der Waals surface area contributed by atoms with E-state index in [2.05, 4.69) is 10.1 Å². The number of thiazole rings is 1. The Labute approximate surface area is 77.6 Å². The predicted octanol–water partition coefficient (Wildman–Crippen LogP) is 1.56. The van der Waals surface area contributed by atoms with Crippen molar-refractivity contribution < 1.29 is 0 Å². The lowest BCUT2D eigenvalue weighted by atomic mass is 10.7. The third-order valence-corrected chi connectivity index (χ3v) is 2.27. The van der Waals surface area contributed by atoms with Crippen LogP contribution in [0.25, 0.3) is 5.13 Å². The van der Waals surface area contributed by atoms with Crippen molar-refractivity contribution in [3.63, 3.8) is 0 Å². The van der Waals surface area contributed by atoms with E-state index >= 15 is 0 Å². The number of nitrogens with two attached hydrogens (primary N) is 1. The van der Waals surface area contributed by atoms with E-state index in [1.165, 1.54) is 11.3 Å². The highest BCUT2D eigenvalue weighted by atomic mass is 35.5. The molecule has 62 valence electrons. The van der Waals surface area contributed by atoms with Crippen molar-refractivity contribution >= 4 is 27.9 Å². The molecule has 0 bridgehead atoms. The van der Waals surface area contributed by atoms with Gasteiger partial charge in [-0.1, -0.05) is 22.9 Å². The van der Waals surface area contributed by atoms with Gasteiger partial charge in [-0.3, -0.25) is 0 Å². The first-order valence-electron chi connectivity index (χ1n) is 3.17. The number of hydrogen-bond acceptors (Lipinski definition) is 4. The number of rotatable bonds is 1. The molecule has 0 spiro atoms. The first-order valence-corrected chi connectivity index (χ1v) is 4.37. The average Bonchev–Trinajstić information content (AvgIpc) is 2.58. The molecule has 0 fully saturated rings. The summed E-state index contributed by atoms with van der Waals surface area (Å²) < 4.78 is 1.59. The summed E-state index contributed by atoms with van der Waals surface area (Å²) in [4.78, 5) is 4.03. The minimum Gasteiger partial charge on any atom is -0.389 e. The Bertz CT molecular complexity index is 355. The minimum absolute atomic E-state index is 0.587. The van der Waals surface area contributed by atoms with Gasteiger partial charge in [0.05, 0.1) is 23.6 Å². The highest BCUT2D eigenvalue weighted by molar-refractivity contribution is 7.17. The molecule has 2 aromatic rings. The van der Waals surface area contributed by atoms with Gasteiger partial charge in [0.1, 0.15) is 5.00 Å². The predicted molar refractivity (Wildman–Crippen MR) is 48.7 cm³/mol. The van der Waals surface area contributed by atoms with E-state index in [1.807, 2.05) is 0 Å². The molecule has 0 aliphatic rings. The fourth-order valence-corrected chi connectivity index (χ4v) is 1.54. The summed E-state index contributed by atoms with van der Waals surface area (Å²) >= 11 is 7.04. The highest BCUT2D eigenvalue weighted by Crippen LogP contribution is 2.19. The van der Waals surface area contributed by atoms with Crippen LogP contribution in [0.3, 0.4) is 0 Å². The SMILES string of the molecule is Nc1cnc(-n2cc(Cl)cn2)s1. The van der Waals surface area contributed by atoms with Crippen molar-refractivity contribution in [3.05, 3.63) is 23.6 Å². The molecule has 12 heavy (non-hydrogen) atoms. The Morgan fingerprint density at radius 1 is 1.50 bits per heavy atom. The molecule has 4 nitrogen and oxygen atoms in total. The molecule has 0 atom stereocenters. The maximum absolute atomic E-state index is 5.68.